The van der Waals surface area contributed by atoms with Crippen LogP contribution in [0.4, 0.5) is 4.39 Å². The predicted octanol–water partition coefficient (Wildman–Crippen LogP) is 4.34. The van der Waals surface area contributed by atoms with E-state index in [4.69, 9.17) is 0 Å². The van der Waals surface area contributed by atoms with Gasteiger partial charge in [-0.25, -0.2) is 4.39 Å². The van der Waals surface area contributed by atoms with E-state index in [0.29, 0.717) is 42.4 Å². The minimum Gasteiger partial charge on any atom is -0.393 e. The lowest BCUT2D eigenvalue weighted by Crippen LogP contribution is -2.54. The van der Waals surface area contributed by atoms with Crippen molar-refractivity contribution in [3.05, 3.63) is 0 Å². The maximum absolute atomic E-state index is 15.1. The molecule has 2 nitrogen and oxygen atoms in total. The zero-order chi connectivity index (χ0) is 17.3. The Balaban J connectivity index is 1.59. The first-order valence-corrected chi connectivity index (χ1v) is 10.3. The fourth-order valence-corrected chi connectivity index (χ4v) is 7.84. The second kappa shape index (κ2) is 5.67. The summed E-state index contributed by atoms with van der Waals surface area (Å²) in [6.07, 6.45) is 6.91. The van der Waals surface area contributed by atoms with E-state index in [-0.39, 0.29) is 17.4 Å². The summed E-state index contributed by atoms with van der Waals surface area (Å²) in [5.74, 6) is 2.71. The molecule has 4 saturated carbocycles. The highest BCUT2D eigenvalue weighted by molar-refractivity contribution is 5.09. The normalized spacial score (nSPS) is 58.5. The molecule has 4 rings (SSSR count). The molecule has 4 aliphatic rings. The zero-order valence-electron chi connectivity index (χ0n) is 15.5. The molecule has 4 aliphatic carbocycles. The van der Waals surface area contributed by atoms with Gasteiger partial charge in [-0.2, -0.15) is 0 Å². The van der Waals surface area contributed by atoms with Gasteiger partial charge in [0.15, 0.2) is 0 Å². The van der Waals surface area contributed by atoms with Crippen molar-refractivity contribution in [2.24, 2.45) is 40.9 Å². The molecule has 0 aromatic heterocycles. The standard InChI is InChI=1S/C21H35FO2/c1-12(23)17-4-5-18-15-10-19(22)16-11-20(2,24)8-6-14(16)13(15)7-9-21(17,18)3/h12-19,23-24H,4-11H2,1-3H3/t12?,13-,14-,15-,16+,17-,18+,19-,20-,21-/m1/s1. The van der Waals surface area contributed by atoms with E-state index >= 15 is 4.39 Å². The average molecular weight is 339 g/mol. The van der Waals surface area contributed by atoms with Crippen molar-refractivity contribution in [1.29, 1.82) is 0 Å². The number of hydrogen-bond acceptors (Lipinski definition) is 2. The smallest absolute Gasteiger partial charge is 0.104 e. The molecule has 2 N–H and O–H groups in total. The van der Waals surface area contributed by atoms with Gasteiger partial charge in [0.2, 0.25) is 0 Å². The molecule has 0 saturated heterocycles. The summed E-state index contributed by atoms with van der Waals surface area (Å²) >= 11 is 0. The number of alkyl halides is 1. The van der Waals surface area contributed by atoms with Crippen molar-refractivity contribution in [2.45, 2.75) is 90.0 Å². The van der Waals surface area contributed by atoms with Crippen LogP contribution in [0.25, 0.3) is 0 Å². The summed E-state index contributed by atoms with van der Waals surface area (Å²) in [6, 6.07) is 0. The van der Waals surface area contributed by atoms with Gasteiger partial charge >= 0.3 is 0 Å². The molecule has 0 amide bonds. The van der Waals surface area contributed by atoms with E-state index in [2.05, 4.69) is 6.92 Å². The summed E-state index contributed by atoms with van der Waals surface area (Å²) in [7, 11) is 0. The molecule has 138 valence electrons. The van der Waals surface area contributed by atoms with E-state index in [9.17, 15) is 10.2 Å². The topological polar surface area (TPSA) is 40.5 Å². The van der Waals surface area contributed by atoms with Gasteiger partial charge in [0, 0.05) is 0 Å². The minimum atomic E-state index is -0.740. The number of rotatable bonds is 1. The third kappa shape index (κ3) is 2.48. The van der Waals surface area contributed by atoms with Crippen LogP contribution in [-0.4, -0.2) is 28.1 Å². The van der Waals surface area contributed by atoms with E-state index in [1.54, 1.807) is 0 Å². The van der Waals surface area contributed by atoms with E-state index in [1.807, 2.05) is 13.8 Å². The van der Waals surface area contributed by atoms with Crippen molar-refractivity contribution in [2.75, 3.05) is 0 Å². The van der Waals surface area contributed by atoms with Gasteiger partial charge < -0.3 is 10.2 Å². The Morgan fingerprint density at radius 2 is 1.62 bits per heavy atom. The van der Waals surface area contributed by atoms with Crippen LogP contribution in [0.15, 0.2) is 0 Å². The molecule has 0 heterocycles. The zero-order valence-corrected chi connectivity index (χ0v) is 15.5. The van der Waals surface area contributed by atoms with Crippen molar-refractivity contribution in [3.63, 3.8) is 0 Å². The van der Waals surface area contributed by atoms with Crippen molar-refractivity contribution < 1.29 is 14.6 Å². The van der Waals surface area contributed by atoms with Crippen LogP contribution >= 0.6 is 0 Å². The van der Waals surface area contributed by atoms with E-state index in [1.165, 1.54) is 19.3 Å². The third-order valence-corrected chi connectivity index (χ3v) is 8.90. The number of fused-ring (bicyclic) bond motifs is 5. The maximum atomic E-state index is 15.1. The molecular weight excluding hydrogens is 303 g/mol. The number of halogens is 1. The fourth-order valence-electron chi connectivity index (χ4n) is 7.84. The molecule has 0 aliphatic heterocycles. The Hall–Kier alpha value is -0.150. The van der Waals surface area contributed by atoms with Crippen LogP contribution in [0.2, 0.25) is 0 Å². The molecule has 3 heteroatoms. The highest BCUT2D eigenvalue weighted by Gasteiger charge is 2.59. The van der Waals surface area contributed by atoms with Crippen LogP contribution in [0.1, 0.15) is 72.1 Å². The molecule has 24 heavy (non-hydrogen) atoms. The summed E-state index contributed by atoms with van der Waals surface area (Å²) in [5, 5.41) is 20.7. The molecule has 0 aromatic carbocycles. The molecule has 4 fully saturated rings. The Morgan fingerprint density at radius 3 is 2.33 bits per heavy atom. The highest BCUT2D eigenvalue weighted by atomic mass is 19.1. The second-order valence-corrected chi connectivity index (χ2v) is 10.2. The van der Waals surface area contributed by atoms with Crippen molar-refractivity contribution in [3.8, 4) is 0 Å². The van der Waals surface area contributed by atoms with Crippen molar-refractivity contribution in [1.82, 2.24) is 0 Å². The molecule has 0 bridgehead atoms. The predicted molar refractivity (Wildman–Crippen MR) is 93.2 cm³/mol. The fraction of sp³-hybridized carbons (Fsp3) is 1.00. The van der Waals surface area contributed by atoms with Gasteiger partial charge in [-0.3, -0.25) is 0 Å². The largest absolute Gasteiger partial charge is 0.393 e. The maximum Gasteiger partial charge on any atom is 0.104 e. The molecule has 1 unspecified atom stereocenters. The lowest BCUT2D eigenvalue weighted by Gasteiger charge is -2.58. The van der Waals surface area contributed by atoms with E-state index in [0.717, 1.165) is 19.3 Å². The SMILES string of the molecule is CC(O)[C@H]1CC[C@H]2[C@@H]3C[C@@H](F)[C@H]4C[C@](C)(O)CC[C@@H]4[C@H]3CC[C@]12C. The van der Waals surface area contributed by atoms with Gasteiger partial charge in [0.25, 0.3) is 0 Å². The van der Waals surface area contributed by atoms with Crippen LogP contribution in [0.5, 0.6) is 0 Å². The summed E-state index contributed by atoms with van der Waals surface area (Å²) in [5.41, 5.74) is -0.450. The number of aliphatic hydroxyl groups excluding tert-OH is 1. The molecule has 0 spiro atoms. The summed E-state index contributed by atoms with van der Waals surface area (Å²) in [6.45, 7) is 6.22. The molecule has 0 radical (unpaired) electrons. The van der Waals surface area contributed by atoms with Gasteiger partial charge in [-0.15, -0.1) is 0 Å². The third-order valence-electron chi connectivity index (χ3n) is 8.90. The highest BCUT2D eigenvalue weighted by Crippen LogP contribution is 2.65. The minimum absolute atomic E-state index is 0.0771. The van der Waals surface area contributed by atoms with Gasteiger partial charge in [0.05, 0.1) is 11.7 Å². The van der Waals surface area contributed by atoms with Crippen LogP contribution in [0.3, 0.4) is 0 Å². The summed E-state index contributed by atoms with van der Waals surface area (Å²) in [4.78, 5) is 0. The van der Waals surface area contributed by atoms with Crippen LogP contribution in [-0.2, 0) is 0 Å². The van der Waals surface area contributed by atoms with Crippen LogP contribution < -0.4 is 0 Å². The monoisotopic (exact) mass is 338 g/mol. The second-order valence-electron chi connectivity index (χ2n) is 10.2. The Labute approximate surface area is 146 Å². The van der Waals surface area contributed by atoms with Gasteiger partial charge in [0.1, 0.15) is 6.17 Å². The Kier molecular flexibility index (Phi) is 4.08. The number of aliphatic hydroxyl groups is 2. The average Bonchev–Trinajstić information content (AvgIpc) is 2.85. The molecule has 0 aromatic rings. The quantitative estimate of drug-likeness (QED) is 0.747. The first-order valence-electron chi connectivity index (χ1n) is 10.3. The first kappa shape index (κ1) is 17.3. The lowest BCUT2D eigenvalue weighted by molar-refractivity contribution is -0.131. The number of hydrogen-bond donors (Lipinski definition) is 2. The van der Waals surface area contributed by atoms with Crippen molar-refractivity contribution >= 4 is 0 Å². The first-order chi connectivity index (χ1) is 11.2. The lowest BCUT2D eigenvalue weighted by atomic mass is 9.48. The summed E-state index contributed by atoms with van der Waals surface area (Å²) < 4.78 is 15.1. The molecular formula is C21H35FO2. The Morgan fingerprint density at radius 1 is 0.958 bits per heavy atom. The Bertz CT molecular complexity index is 490. The van der Waals surface area contributed by atoms with Crippen LogP contribution in [0, 0.1) is 40.9 Å². The van der Waals surface area contributed by atoms with E-state index < -0.39 is 11.8 Å². The van der Waals surface area contributed by atoms with Gasteiger partial charge in [-0.1, -0.05) is 6.92 Å². The molecule has 10 atom stereocenters. The van der Waals surface area contributed by atoms with Gasteiger partial charge in [-0.05, 0) is 106 Å².